The van der Waals surface area contributed by atoms with Gasteiger partial charge >= 0.3 is 11.9 Å². The van der Waals surface area contributed by atoms with Crippen LogP contribution in [0.3, 0.4) is 0 Å². The van der Waals surface area contributed by atoms with E-state index in [1.165, 1.54) is 44.7 Å². The van der Waals surface area contributed by atoms with Gasteiger partial charge in [-0.3, -0.25) is 20.0 Å². The Balaban J connectivity index is 1.38. The number of hydrogen-bond acceptors (Lipinski definition) is 13. The number of aliphatic hydroxyl groups excluding tert-OH is 2. The van der Waals surface area contributed by atoms with Gasteiger partial charge in [0.2, 0.25) is 5.91 Å². The molecule has 56 heavy (non-hydrogen) atoms. The Morgan fingerprint density at radius 2 is 1.66 bits per heavy atom. The van der Waals surface area contributed by atoms with Crippen molar-refractivity contribution in [2.75, 3.05) is 7.11 Å². The molecule has 0 bridgehead atoms. The van der Waals surface area contributed by atoms with E-state index in [4.69, 9.17) is 24.6 Å². The molecule has 0 saturated heterocycles. The minimum atomic E-state index is -0.937. The summed E-state index contributed by atoms with van der Waals surface area (Å²) < 4.78 is 16.2. The van der Waals surface area contributed by atoms with Crippen LogP contribution in [-0.4, -0.2) is 75.0 Å². The number of esters is 2. The zero-order valence-corrected chi connectivity index (χ0v) is 32.6. The molecule has 14 heteroatoms. The average Bonchev–Trinajstić information content (AvgIpc) is 3.44. The standard InChI is InChI=1S/C42H58N2O12/c1-4-5-6-7-10-15-32(45)21-22-35-34(36(46)27-37(35)47)17-11-8-9-12-18-40(48)43-29(2)42(50)56-38-23-19-30(26-39(38)53-3)20-24-41(49)55-33-16-13-14-31(25-33)28-54-44(51)52/h8,11,13-14,16,19-20,23-26,29,34-37,46-47,51-52H,4-7,9-10,12,15,17-18,21-22,27-28H2,1-3H3,(H,43,48)/b11-8-,24-20+/t29?,34-,35-,36+,37-/m1/s1. The van der Waals surface area contributed by atoms with Gasteiger partial charge in [0, 0.05) is 25.3 Å². The minimum absolute atomic E-state index is 0.115. The second kappa shape index (κ2) is 24.9. The van der Waals surface area contributed by atoms with Gasteiger partial charge < -0.3 is 29.7 Å². The summed E-state index contributed by atoms with van der Waals surface area (Å²) in [6.07, 6.45) is 14.7. The first-order chi connectivity index (χ1) is 26.9. The lowest BCUT2D eigenvalue weighted by molar-refractivity contribution is -0.497. The molecule has 1 amide bonds. The number of ketones is 1. The number of hydrogen-bond donors (Lipinski definition) is 5. The third-order valence-corrected chi connectivity index (χ3v) is 9.69. The molecule has 3 rings (SSSR count). The molecule has 0 spiro atoms. The summed E-state index contributed by atoms with van der Waals surface area (Å²) in [5.74, 6) is -1.12. The highest BCUT2D eigenvalue weighted by molar-refractivity contribution is 5.89. The van der Waals surface area contributed by atoms with Crippen molar-refractivity contribution >= 4 is 29.7 Å². The van der Waals surface area contributed by atoms with Crippen LogP contribution < -0.4 is 19.5 Å². The number of nitrogens with one attached hydrogen (secondary N) is 1. The summed E-state index contributed by atoms with van der Waals surface area (Å²) in [4.78, 5) is 54.7. The Hall–Kier alpha value is -4.44. The summed E-state index contributed by atoms with van der Waals surface area (Å²) in [7, 11) is 1.40. The molecule has 0 heterocycles. The number of Topliss-reactive ketones (excluding diaryl/α,β-unsaturated/α-hetero) is 1. The molecule has 1 aliphatic carbocycles. The number of carbonyl (C=O) groups is 4. The first-order valence-electron chi connectivity index (χ1n) is 19.4. The third kappa shape index (κ3) is 16.7. The summed E-state index contributed by atoms with van der Waals surface area (Å²) in [6, 6.07) is 10.0. The van der Waals surface area contributed by atoms with Crippen LogP contribution in [0.5, 0.6) is 17.2 Å². The van der Waals surface area contributed by atoms with Crippen molar-refractivity contribution in [3.05, 3.63) is 71.8 Å². The molecule has 5 N–H and O–H groups in total. The number of unbranched alkanes of at least 4 members (excludes halogenated alkanes) is 5. The molecule has 2 aromatic carbocycles. The van der Waals surface area contributed by atoms with Gasteiger partial charge in [-0.2, -0.15) is 0 Å². The minimum Gasteiger partial charge on any atom is -0.493 e. The molecule has 308 valence electrons. The maximum atomic E-state index is 12.8. The molecule has 1 aliphatic rings. The molecule has 0 aromatic heterocycles. The fraction of sp³-hybridized carbons (Fsp3) is 0.524. The van der Waals surface area contributed by atoms with Crippen LogP contribution in [0.15, 0.2) is 60.7 Å². The number of nitrogens with zero attached hydrogens (tertiary/aromatic N) is 1. The number of carbonyl (C=O) groups excluding carboxylic acids is 4. The molecular formula is C42H58N2O12. The van der Waals surface area contributed by atoms with E-state index in [1.54, 1.807) is 30.3 Å². The highest BCUT2D eigenvalue weighted by atomic mass is 17.1. The van der Waals surface area contributed by atoms with E-state index >= 15 is 0 Å². The SMILES string of the molecule is CCCCCCCC(=O)CC[C@@H]1[C@@H](C/C=C\CCCC(=O)NC(C)C(=O)Oc2ccc(/C=C/C(=O)Oc3cccc(CON(O)O)c3)cc2OC)[C@@H](O)C[C@H]1O. The van der Waals surface area contributed by atoms with Gasteiger partial charge in [-0.1, -0.05) is 63.0 Å². The molecule has 0 aliphatic heterocycles. The number of ether oxygens (including phenoxy) is 3. The predicted molar refractivity (Wildman–Crippen MR) is 206 cm³/mol. The lowest BCUT2D eigenvalue weighted by atomic mass is 9.86. The maximum absolute atomic E-state index is 12.8. The summed E-state index contributed by atoms with van der Waals surface area (Å²) in [5.41, 5.74) is 1.08. The number of methoxy groups -OCH3 is 1. The summed E-state index contributed by atoms with van der Waals surface area (Å²) in [5, 5.41) is 40.7. The van der Waals surface area contributed by atoms with E-state index in [2.05, 4.69) is 17.1 Å². The summed E-state index contributed by atoms with van der Waals surface area (Å²) >= 11 is 0. The van der Waals surface area contributed by atoms with Crippen LogP contribution >= 0.6 is 0 Å². The van der Waals surface area contributed by atoms with Crippen LogP contribution in [0.2, 0.25) is 0 Å². The molecular weight excluding hydrogens is 724 g/mol. The van der Waals surface area contributed by atoms with E-state index in [0.717, 1.165) is 25.7 Å². The van der Waals surface area contributed by atoms with Gasteiger partial charge in [0.05, 0.1) is 31.3 Å². The first kappa shape index (κ1) is 45.9. The Labute approximate surface area is 329 Å². The molecule has 1 saturated carbocycles. The Morgan fingerprint density at radius 1 is 0.893 bits per heavy atom. The zero-order valence-electron chi connectivity index (χ0n) is 32.6. The van der Waals surface area contributed by atoms with Gasteiger partial charge in [-0.25, -0.2) is 14.4 Å². The molecule has 5 atom stereocenters. The molecule has 14 nitrogen and oxygen atoms in total. The average molecular weight is 783 g/mol. The quantitative estimate of drug-likeness (QED) is 0.0185. The largest absolute Gasteiger partial charge is 0.493 e. The predicted octanol–water partition coefficient (Wildman–Crippen LogP) is 6.42. The van der Waals surface area contributed by atoms with Crippen molar-refractivity contribution in [1.29, 1.82) is 0 Å². The van der Waals surface area contributed by atoms with Crippen molar-refractivity contribution in [1.82, 2.24) is 10.7 Å². The highest BCUT2D eigenvalue weighted by Crippen LogP contribution is 2.38. The van der Waals surface area contributed by atoms with Crippen LogP contribution in [-0.2, 0) is 30.6 Å². The van der Waals surface area contributed by atoms with E-state index < -0.39 is 35.6 Å². The fourth-order valence-corrected chi connectivity index (χ4v) is 6.62. The Morgan fingerprint density at radius 3 is 2.41 bits per heavy atom. The van der Waals surface area contributed by atoms with E-state index in [0.29, 0.717) is 56.1 Å². The molecule has 2 aromatic rings. The zero-order chi connectivity index (χ0) is 40.9. The fourth-order valence-electron chi connectivity index (χ4n) is 6.62. The lowest BCUT2D eigenvalue weighted by Crippen LogP contribution is -2.40. The van der Waals surface area contributed by atoms with Crippen molar-refractivity contribution in [2.45, 2.75) is 122 Å². The van der Waals surface area contributed by atoms with Gasteiger partial charge in [0.1, 0.15) is 17.6 Å². The van der Waals surface area contributed by atoms with Crippen molar-refractivity contribution in [2.24, 2.45) is 11.8 Å². The van der Waals surface area contributed by atoms with E-state index in [-0.39, 0.29) is 53.8 Å². The molecule has 0 radical (unpaired) electrons. The van der Waals surface area contributed by atoms with Gasteiger partial charge in [0.25, 0.3) is 0 Å². The van der Waals surface area contributed by atoms with Gasteiger partial charge in [-0.15, -0.1) is 0 Å². The molecule has 1 unspecified atom stereocenters. The second-order valence-electron chi connectivity index (χ2n) is 14.1. The third-order valence-electron chi connectivity index (χ3n) is 9.69. The van der Waals surface area contributed by atoms with Gasteiger partial charge in [0.15, 0.2) is 11.5 Å². The Bertz CT molecular complexity index is 1610. The number of allylic oxidation sites excluding steroid dienone is 2. The number of aliphatic hydroxyl groups is 2. The first-order valence-corrected chi connectivity index (χ1v) is 19.4. The Kier molecular flexibility index (Phi) is 20.5. The smallest absolute Gasteiger partial charge is 0.336 e. The van der Waals surface area contributed by atoms with Crippen molar-refractivity contribution in [3.8, 4) is 17.2 Å². The number of amides is 1. The van der Waals surface area contributed by atoms with E-state index in [9.17, 15) is 29.4 Å². The number of benzene rings is 2. The van der Waals surface area contributed by atoms with Crippen LogP contribution in [0.25, 0.3) is 6.08 Å². The summed E-state index contributed by atoms with van der Waals surface area (Å²) in [6.45, 7) is 3.52. The molecule has 1 fully saturated rings. The van der Waals surface area contributed by atoms with Crippen molar-refractivity contribution < 1.29 is 58.9 Å². The topological polar surface area (TPSA) is 201 Å². The maximum Gasteiger partial charge on any atom is 0.336 e. The van der Waals surface area contributed by atoms with Crippen LogP contribution in [0, 0.1) is 11.8 Å². The number of rotatable bonds is 25. The second-order valence-corrected chi connectivity index (χ2v) is 14.1. The van der Waals surface area contributed by atoms with E-state index in [1.807, 2.05) is 12.2 Å². The normalized spacial score (nSPS) is 18.7. The van der Waals surface area contributed by atoms with Crippen LogP contribution in [0.1, 0.15) is 108 Å². The highest BCUT2D eigenvalue weighted by Gasteiger charge is 2.40. The lowest BCUT2D eigenvalue weighted by Gasteiger charge is -2.22. The van der Waals surface area contributed by atoms with Gasteiger partial charge in [-0.05, 0) is 98.8 Å². The van der Waals surface area contributed by atoms with Crippen molar-refractivity contribution in [3.63, 3.8) is 0 Å². The monoisotopic (exact) mass is 782 g/mol. The van der Waals surface area contributed by atoms with Crippen LogP contribution in [0.4, 0.5) is 0 Å².